The van der Waals surface area contributed by atoms with Crippen LogP contribution in [0.1, 0.15) is 15.9 Å². The Bertz CT molecular complexity index is 792. The van der Waals surface area contributed by atoms with E-state index in [0.29, 0.717) is 22.2 Å². The van der Waals surface area contributed by atoms with Gasteiger partial charge >= 0.3 is 0 Å². The summed E-state index contributed by atoms with van der Waals surface area (Å²) in [5.74, 6) is 0.0642. The van der Waals surface area contributed by atoms with Crippen LogP contribution in [-0.4, -0.2) is 11.1 Å². The zero-order chi connectivity index (χ0) is 15.5. The lowest BCUT2D eigenvalue weighted by molar-refractivity contribution is 0.102. The standard InChI is InChI=1S/C17H13ClN2O2/c1-11-2-4-13(5-3-11)17(21)19-16-10-15(20-22-16)12-6-8-14(18)9-7-12/h2-10H,1H3,(H,19,21). The highest BCUT2D eigenvalue weighted by molar-refractivity contribution is 6.30. The summed E-state index contributed by atoms with van der Waals surface area (Å²) in [5.41, 5.74) is 3.16. The van der Waals surface area contributed by atoms with Crippen LogP contribution in [0.3, 0.4) is 0 Å². The smallest absolute Gasteiger partial charge is 0.258 e. The van der Waals surface area contributed by atoms with Gasteiger partial charge in [0.15, 0.2) is 0 Å². The van der Waals surface area contributed by atoms with Gasteiger partial charge < -0.3 is 4.52 Å². The maximum absolute atomic E-state index is 12.1. The summed E-state index contributed by atoms with van der Waals surface area (Å²) in [5, 5.41) is 7.28. The highest BCUT2D eigenvalue weighted by Crippen LogP contribution is 2.23. The molecular formula is C17H13ClN2O2. The van der Waals surface area contributed by atoms with Gasteiger partial charge in [-0.05, 0) is 31.2 Å². The average Bonchev–Trinajstić information content (AvgIpc) is 2.97. The molecule has 0 fully saturated rings. The van der Waals surface area contributed by atoms with E-state index in [0.717, 1.165) is 11.1 Å². The van der Waals surface area contributed by atoms with E-state index in [1.54, 1.807) is 30.3 Å². The summed E-state index contributed by atoms with van der Waals surface area (Å²) in [6, 6.07) is 16.2. The molecule has 0 bridgehead atoms. The fourth-order valence-electron chi connectivity index (χ4n) is 1.98. The van der Waals surface area contributed by atoms with Gasteiger partial charge in [-0.1, -0.05) is 46.6 Å². The lowest BCUT2D eigenvalue weighted by Crippen LogP contribution is -2.11. The van der Waals surface area contributed by atoms with Crippen molar-refractivity contribution >= 4 is 23.4 Å². The van der Waals surface area contributed by atoms with E-state index in [1.807, 2.05) is 31.2 Å². The number of halogens is 1. The van der Waals surface area contributed by atoms with Crippen molar-refractivity contribution in [2.75, 3.05) is 5.32 Å². The van der Waals surface area contributed by atoms with Crippen LogP contribution in [0, 0.1) is 6.92 Å². The zero-order valence-electron chi connectivity index (χ0n) is 11.8. The quantitative estimate of drug-likeness (QED) is 0.771. The molecule has 3 rings (SSSR count). The largest absolute Gasteiger partial charge is 0.338 e. The molecule has 1 N–H and O–H groups in total. The maximum Gasteiger partial charge on any atom is 0.258 e. The second-order valence-corrected chi connectivity index (χ2v) is 5.34. The van der Waals surface area contributed by atoms with Gasteiger partial charge in [0.25, 0.3) is 5.91 Å². The monoisotopic (exact) mass is 312 g/mol. The molecule has 0 saturated carbocycles. The molecule has 0 aliphatic carbocycles. The van der Waals surface area contributed by atoms with Gasteiger partial charge in [-0.3, -0.25) is 10.1 Å². The number of nitrogens with zero attached hydrogens (tertiary/aromatic N) is 1. The third-order valence-electron chi connectivity index (χ3n) is 3.20. The van der Waals surface area contributed by atoms with E-state index >= 15 is 0 Å². The molecule has 3 aromatic rings. The van der Waals surface area contributed by atoms with Gasteiger partial charge in [0, 0.05) is 22.2 Å². The number of rotatable bonds is 3. The average molecular weight is 313 g/mol. The van der Waals surface area contributed by atoms with E-state index in [1.165, 1.54) is 0 Å². The Morgan fingerprint density at radius 2 is 1.77 bits per heavy atom. The summed E-state index contributed by atoms with van der Waals surface area (Å²) in [6.07, 6.45) is 0. The Labute approximate surface area is 132 Å². The van der Waals surface area contributed by atoms with Crippen LogP contribution < -0.4 is 5.32 Å². The Kier molecular flexibility index (Phi) is 3.94. The summed E-state index contributed by atoms with van der Waals surface area (Å²) in [4.78, 5) is 12.1. The van der Waals surface area contributed by atoms with E-state index in [4.69, 9.17) is 16.1 Å². The number of hydrogen-bond donors (Lipinski definition) is 1. The number of benzene rings is 2. The van der Waals surface area contributed by atoms with Crippen molar-refractivity contribution in [3.63, 3.8) is 0 Å². The van der Waals surface area contributed by atoms with Crippen LogP contribution in [0.4, 0.5) is 5.88 Å². The van der Waals surface area contributed by atoms with Crippen LogP contribution >= 0.6 is 11.6 Å². The molecule has 1 amide bonds. The van der Waals surface area contributed by atoms with E-state index in [9.17, 15) is 4.79 Å². The third-order valence-corrected chi connectivity index (χ3v) is 3.45. The zero-order valence-corrected chi connectivity index (χ0v) is 12.6. The van der Waals surface area contributed by atoms with Gasteiger partial charge in [0.1, 0.15) is 5.69 Å². The Hall–Kier alpha value is -2.59. The molecule has 0 atom stereocenters. The summed E-state index contributed by atoms with van der Waals surface area (Å²) < 4.78 is 5.15. The van der Waals surface area contributed by atoms with Crippen LogP contribution in [0.15, 0.2) is 59.1 Å². The number of nitrogens with one attached hydrogen (secondary N) is 1. The van der Waals surface area contributed by atoms with Gasteiger partial charge in [-0.25, -0.2) is 0 Å². The molecule has 0 saturated heterocycles. The molecule has 1 heterocycles. The fourth-order valence-corrected chi connectivity index (χ4v) is 2.11. The number of aryl methyl sites for hydroxylation is 1. The highest BCUT2D eigenvalue weighted by Gasteiger charge is 2.11. The SMILES string of the molecule is Cc1ccc(C(=O)Nc2cc(-c3ccc(Cl)cc3)no2)cc1. The van der Waals surface area contributed by atoms with Crippen molar-refractivity contribution in [2.45, 2.75) is 6.92 Å². The van der Waals surface area contributed by atoms with E-state index in [2.05, 4.69) is 10.5 Å². The fraction of sp³-hybridized carbons (Fsp3) is 0.0588. The number of anilines is 1. The van der Waals surface area contributed by atoms with Gasteiger partial charge in [-0.15, -0.1) is 0 Å². The second-order valence-electron chi connectivity index (χ2n) is 4.90. The van der Waals surface area contributed by atoms with Crippen molar-refractivity contribution < 1.29 is 9.32 Å². The van der Waals surface area contributed by atoms with Crippen LogP contribution in [0.5, 0.6) is 0 Å². The number of aromatic nitrogens is 1. The second kappa shape index (κ2) is 6.03. The Morgan fingerprint density at radius 1 is 1.09 bits per heavy atom. The molecule has 0 radical (unpaired) electrons. The van der Waals surface area contributed by atoms with Gasteiger partial charge in [0.2, 0.25) is 5.88 Å². The van der Waals surface area contributed by atoms with Crippen LogP contribution in [0.2, 0.25) is 5.02 Å². The van der Waals surface area contributed by atoms with E-state index < -0.39 is 0 Å². The first-order valence-electron chi connectivity index (χ1n) is 6.72. The molecule has 110 valence electrons. The molecule has 2 aromatic carbocycles. The minimum atomic E-state index is -0.237. The molecule has 0 unspecified atom stereocenters. The predicted octanol–water partition coefficient (Wildman–Crippen LogP) is 4.56. The van der Waals surface area contributed by atoms with Crippen molar-refractivity contribution in [1.82, 2.24) is 5.16 Å². The van der Waals surface area contributed by atoms with Crippen molar-refractivity contribution in [2.24, 2.45) is 0 Å². The van der Waals surface area contributed by atoms with Crippen LogP contribution in [0.25, 0.3) is 11.3 Å². The third kappa shape index (κ3) is 3.18. The topological polar surface area (TPSA) is 55.1 Å². The predicted molar refractivity (Wildman–Crippen MR) is 86.1 cm³/mol. The highest BCUT2D eigenvalue weighted by atomic mass is 35.5. The molecule has 0 spiro atoms. The minimum Gasteiger partial charge on any atom is -0.338 e. The number of hydrogen-bond acceptors (Lipinski definition) is 3. The van der Waals surface area contributed by atoms with Gasteiger partial charge in [0.05, 0.1) is 0 Å². The van der Waals surface area contributed by atoms with Crippen molar-refractivity contribution in [3.05, 3.63) is 70.7 Å². The van der Waals surface area contributed by atoms with Gasteiger partial charge in [-0.2, -0.15) is 0 Å². The normalized spacial score (nSPS) is 10.5. The first-order valence-corrected chi connectivity index (χ1v) is 7.10. The first kappa shape index (κ1) is 14.4. The molecule has 0 aliphatic heterocycles. The maximum atomic E-state index is 12.1. The van der Waals surface area contributed by atoms with Crippen molar-refractivity contribution in [1.29, 1.82) is 0 Å². The minimum absolute atomic E-state index is 0.237. The first-order chi connectivity index (χ1) is 10.6. The van der Waals surface area contributed by atoms with Crippen molar-refractivity contribution in [3.8, 4) is 11.3 Å². The molecule has 4 nitrogen and oxygen atoms in total. The molecule has 22 heavy (non-hydrogen) atoms. The Balaban J connectivity index is 1.75. The summed E-state index contributed by atoms with van der Waals surface area (Å²) >= 11 is 5.85. The number of amides is 1. The van der Waals surface area contributed by atoms with E-state index in [-0.39, 0.29) is 5.91 Å². The molecule has 0 aliphatic rings. The lowest BCUT2D eigenvalue weighted by atomic mass is 10.1. The van der Waals surface area contributed by atoms with Crippen LogP contribution in [-0.2, 0) is 0 Å². The molecule has 1 aromatic heterocycles. The molecule has 5 heteroatoms. The summed E-state index contributed by atoms with van der Waals surface area (Å²) in [6.45, 7) is 1.97. The summed E-state index contributed by atoms with van der Waals surface area (Å²) in [7, 11) is 0. The molecular weight excluding hydrogens is 300 g/mol. The Morgan fingerprint density at radius 3 is 2.45 bits per heavy atom. The lowest BCUT2D eigenvalue weighted by Gasteiger charge is -2.01. The number of carbonyl (C=O) groups excluding carboxylic acids is 1. The number of carbonyl (C=O) groups is 1.